The molecule has 29 heavy (non-hydrogen) atoms. The second kappa shape index (κ2) is 8.60. The Bertz CT molecular complexity index is 1080. The normalized spacial score (nSPS) is 10.6. The van der Waals surface area contributed by atoms with E-state index in [4.69, 9.17) is 9.15 Å². The van der Waals surface area contributed by atoms with Crippen molar-refractivity contribution in [2.75, 3.05) is 17.2 Å². The van der Waals surface area contributed by atoms with Crippen LogP contribution in [0.3, 0.4) is 0 Å². The van der Waals surface area contributed by atoms with Gasteiger partial charge < -0.3 is 19.8 Å². The standard InChI is InChI=1S/C22H22N2O5/c1-13-7-8-19-16(11-29-22(19)14(13)2)9-21(27)28-12-20(26)24-18-6-4-5-17(10-18)23-15(3)25/h4-8,10-11H,9,12H2,1-3H3,(H,23,25)(H,24,26). The van der Waals surface area contributed by atoms with E-state index >= 15 is 0 Å². The van der Waals surface area contributed by atoms with Crippen molar-refractivity contribution in [3.8, 4) is 0 Å². The molecule has 2 amide bonds. The summed E-state index contributed by atoms with van der Waals surface area (Å²) in [6.07, 6.45) is 1.56. The zero-order valence-electron chi connectivity index (χ0n) is 16.5. The average Bonchev–Trinajstić information content (AvgIpc) is 3.06. The van der Waals surface area contributed by atoms with E-state index in [1.54, 1.807) is 30.5 Å². The second-order valence-corrected chi connectivity index (χ2v) is 6.79. The van der Waals surface area contributed by atoms with Gasteiger partial charge in [-0.25, -0.2) is 0 Å². The SMILES string of the molecule is CC(=O)Nc1cccc(NC(=O)COC(=O)Cc2coc3c(C)c(C)ccc23)c1. The molecule has 1 aromatic heterocycles. The van der Waals surface area contributed by atoms with Gasteiger partial charge in [0.1, 0.15) is 5.58 Å². The highest BCUT2D eigenvalue weighted by molar-refractivity contribution is 5.95. The quantitative estimate of drug-likeness (QED) is 0.621. The van der Waals surface area contributed by atoms with Crippen LogP contribution in [0.25, 0.3) is 11.0 Å². The molecule has 2 N–H and O–H groups in total. The summed E-state index contributed by atoms with van der Waals surface area (Å²) >= 11 is 0. The van der Waals surface area contributed by atoms with Crippen LogP contribution in [-0.2, 0) is 25.5 Å². The van der Waals surface area contributed by atoms with E-state index in [1.807, 2.05) is 26.0 Å². The lowest BCUT2D eigenvalue weighted by molar-refractivity contribution is -0.146. The number of carbonyl (C=O) groups excluding carboxylic acids is 3. The van der Waals surface area contributed by atoms with E-state index in [0.717, 1.165) is 27.7 Å². The Hall–Kier alpha value is -3.61. The van der Waals surface area contributed by atoms with E-state index in [-0.39, 0.29) is 12.3 Å². The third-order valence-electron chi connectivity index (χ3n) is 4.51. The summed E-state index contributed by atoms with van der Waals surface area (Å²) in [5.41, 5.74) is 4.66. The minimum Gasteiger partial charge on any atom is -0.464 e. The lowest BCUT2D eigenvalue weighted by Gasteiger charge is -2.08. The van der Waals surface area contributed by atoms with Crippen LogP contribution in [0.4, 0.5) is 11.4 Å². The number of ether oxygens (including phenoxy) is 1. The average molecular weight is 394 g/mol. The highest BCUT2D eigenvalue weighted by Gasteiger charge is 2.15. The number of hydrogen-bond acceptors (Lipinski definition) is 5. The van der Waals surface area contributed by atoms with Gasteiger partial charge in [-0.05, 0) is 43.2 Å². The maximum atomic E-state index is 12.1. The van der Waals surface area contributed by atoms with Gasteiger partial charge in [0.25, 0.3) is 5.91 Å². The number of esters is 1. The number of benzene rings is 2. The van der Waals surface area contributed by atoms with Crippen LogP contribution in [0.15, 0.2) is 47.1 Å². The van der Waals surface area contributed by atoms with Crippen LogP contribution in [-0.4, -0.2) is 24.4 Å². The molecule has 3 rings (SSSR count). The fourth-order valence-electron chi connectivity index (χ4n) is 2.95. The van der Waals surface area contributed by atoms with Gasteiger partial charge in [0.05, 0.1) is 12.7 Å². The van der Waals surface area contributed by atoms with E-state index in [0.29, 0.717) is 11.4 Å². The number of hydrogen-bond donors (Lipinski definition) is 2. The van der Waals surface area contributed by atoms with Crippen LogP contribution in [0.2, 0.25) is 0 Å². The molecular formula is C22H22N2O5. The van der Waals surface area contributed by atoms with E-state index < -0.39 is 18.5 Å². The molecule has 0 bridgehead atoms. The van der Waals surface area contributed by atoms with Crippen LogP contribution < -0.4 is 10.6 Å². The Morgan fingerprint density at radius 2 is 1.76 bits per heavy atom. The molecule has 3 aromatic rings. The van der Waals surface area contributed by atoms with E-state index in [2.05, 4.69) is 10.6 Å². The van der Waals surface area contributed by atoms with Crippen molar-refractivity contribution in [2.24, 2.45) is 0 Å². The van der Waals surface area contributed by atoms with Crippen LogP contribution >= 0.6 is 0 Å². The summed E-state index contributed by atoms with van der Waals surface area (Å²) in [6, 6.07) is 10.6. The number of rotatable bonds is 6. The van der Waals surface area contributed by atoms with Crippen molar-refractivity contribution in [1.29, 1.82) is 0 Å². The molecule has 0 unspecified atom stereocenters. The monoisotopic (exact) mass is 394 g/mol. The van der Waals surface area contributed by atoms with Crippen molar-refractivity contribution in [3.63, 3.8) is 0 Å². The number of nitrogens with one attached hydrogen (secondary N) is 2. The van der Waals surface area contributed by atoms with Gasteiger partial charge in [-0.1, -0.05) is 18.2 Å². The summed E-state index contributed by atoms with van der Waals surface area (Å²) < 4.78 is 10.7. The van der Waals surface area contributed by atoms with Gasteiger partial charge in [-0.2, -0.15) is 0 Å². The molecule has 150 valence electrons. The first-order chi connectivity index (χ1) is 13.8. The molecular weight excluding hydrogens is 372 g/mol. The summed E-state index contributed by atoms with van der Waals surface area (Å²) in [6.45, 7) is 4.96. The van der Waals surface area contributed by atoms with Crippen molar-refractivity contribution < 1.29 is 23.5 Å². The Labute approximate surface area is 168 Å². The van der Waals surface area contributed by atoms with Crippen LogP contribution in [0, 0.1) is 13.8 Å². The number of aryl methyl sites for hydroxylation is 2. The predicted octanol–water partition coefficient (Wildman–Crippen LogP) is 3.73. The van der Waals surface area contributed by atoms with E-state index in [1.165, 1.54) is 6.92 Å². The number of carbonyl (C=O) groups is 3. The lowest BCUT2D eigenvalue weighted by atomic mass is 10.0. The number of anilines is 2. The van der Waals surface area contributed by atoms with Crippen LogP contribution in [0.5, 0.6) is 0 Å². The molecule has 0 aliphatic heterocycles. The van der Waals surface area contributed by atoms with Gasteiger partial charge in [0, 0.05) is 29.2 Å². The first-order valence-corrected chi connectivity index (χ1v) is 9.13. The molecule has 0 atom stereocenters. The summed E-state index contributed by atoms with van der Waals surface area (Å²) in [7, 11) is 0. The van der Waals surface area contributed by atoms with Crippen molar-refractivity contribution >= 4 is 40.1 Å². The maximum Gasteiger partial charge on any atom is 0.310 e. The summed E-state index contributed by atoms with van der Waals surface area (Å²) in [5.74, 6) is -1.20. The second-order valence-electron chi connectivity index (χ2n) is 6.79. The Morgan fingerprint density at radius 3 is 2.48 bits per heavy atom. The fourth-order valence-corrected chi connectivity index (χ4v) is 2.95. The van der Waals surface area contributed by atoms with Gasteiger partial charge >= 0.3 is 5.97 Å². The number of fused-ring (bicyclic) bond motifs is 1. The molecule has 0 aliphatic rings. The topological polar surface area (TPSA) is 97.6 Å². The molecule has 0 aliphatic carbocycles. The number of furan rings is 1. The zero-order valence-corrected chi connectivity index (χ0v) is 16.5. The molecule has 0 fully saturated rings. The Morgan fingerprint density at radius 1 is 1.03 bits per heavy atom. The third-order valence-corrected chi connectivity index (χ3v) is 4.51. The minimum atomic E-state index is -0.520. The Kier molecular flexibility index (Phi) is 5.97. The fraction of sp³-hybridized carbons (Fsp3) is 0.227. The summed E-state index contributed by atoms with van der Waals surface area (Å²) in [4.78, 5) is 35.3. The molecule has 7 heteroatoms. The predicted molar refractivity (Wildman–Crippen MR) is 110 cm³/mol. The van der Waals surface area contributed by atoms with Crippen molar-refractivity contribution in [2.45, 2.75) is 27.2 Å². The van der Waals surface area contributed by atoms with Gasteiger partial charge in [0.15, 0.2) is 6.61 Å². The highest BCUT2D eigenvalue weighted by Crippen LogP contribution is 2.26. The first kappa shape index (κ1) is 20.1. The molecule has 0 radical (unpaired) electrons. The largest absolute Gasteiger partial charge is 0.464 e. The maximum absolute atomic E-state index is 12.1. The number of amides is 2. The zero-order chi connectivity index (χ0) is 21.0. The van der Waals surface area contributed by atoms with E-state index in [9.17, 15) is 14.4 Å². The summed E-state index contributed by atoms with van der Waals surface area (Å²) in [5, 5.41) is 6.12. The molecule has 0 saturated heterocycles. The smallest absolute Gasteiger partial charge is 0.310 e. The third kappa shape index (κ3) is 5.01. The molecule has 0 spiro atoms. The Balaban J connectivity index is 1.55. The van der Waals surface area contributed by atoms with Gasteiger partial charge in [0.2, 0.25) is 5.91 Å². The van der Waals surface area contributed by atoms with Gasteiger partial charge in [-0.15, -0.1) is 0 Å². The van der Waals surface area contributed by atoms with Crippen LogP contribution in [0.1, 0.15) is 23.6 Å². The lowest BCUT2D eigenvalue weighted by Crippen LogP contribution is -2.21. The van der Waals surface area contributed by atoms with Crippen molar-refractivity contribution in [3.05, 3.63) is 59.4 Å². The minimum absolute atomic E-state index is 0.0147. The van der Waals surface area contributed by atoms with Gasteiger partial charge in [-0.3, -0.25) is 14.4 Å². The molecule has 7 nitrogen and oxygen atoms in total. The molecule has 1 heterocycles. The first-order valence-electron chi connectivity index (χ1n) is 9.13. The highest BCUT2D eigenvalue weighted by atomic mass is 16.5. The molecule has 0 saturated carbocycles. The van der Waals surface area contributed by atoms with Crippen molar-refractivity contribution in [1.82, 2.24) is 0 Å². The molecule has 2 aromatic carbocycles.